The highest BCUT2D eigenvalue weighted by atomic mass is 32.2. The normalized spacial score (nSPS) is 24.6. The molecule has 3 fully saturated rings. The van der Waals surface area contributed by atoms with E-state index in [1.54, 1.807) is 0 Å². The Bertz CT molecular complexity index is 817. The van der Waals surface area contributed by atoms with Crippen LogP contribution in [0.25, 0.3) is 0 Å². The van der Waals surface area contributed by atoms with Crippen molar-refractivity contribution >= 4 is 35.5 Å². The number of fused-ring (bicyclic) bond motifs is 2. The van der Waals surface area contributed by atoms with Gasteiger partial charge in [-0.25, -0.2) is 4.79 Å². The number of thioether (sulfide) groups is 2. The van der Waals surface area contributed by atoms with Crippen LogP contribution in [0.3, 0.4) is 0 Å². The number of rotatable bonds is 14. The fourth-order valence-electron chi connectivity index (χ4n) is 4.34. The van der Waals surface area contributed by atoms with Crippen molar-refractivity contribution in [2.24, 2.45) is 5.92 Å². The van der Waals surface area contributed by atoms with Crippen molar-refractivity contribution in [1.82, 2.24) is 0 Å². The van der Waals surface area contributed by atoms with Crippen LogP contribution in [-0.2, 0) is 14.3 Å². The number of ether oxygens (including phenoxy) is 2. The van der Waals surface area contributed by atoms with E-state index in [-0.39, 0.29) is 18.0 Å². The zero-order valence-corrected chi connectivity index (χ0v) is 22.0. The molecule has 1 aromatic carbocycles. The number of benzene rings is 1. The molecule has 4 rings (SSSR count). The van der Waals surface area contributed by atoms with Crippen molar-refractivity contribution in [3.63, 3.8) is 0 Å². The van der Waals surface area contributed by atoms with Crippen molar-refractivity contribution < 1.29 is 19.1 Å². The summed E-state index contributed by atoms with van der Waals surface area (Å²) >= 11 is 4.17. The molecule has 0 N–H and O–H groups in total. The van der Waals surface area contributed by atoms with E-state index in [1.807, 2.05) is 30.3 Å². The predicted octanol–water partition coefficient (Wildman–Crippen LogP) is 7.20. The van der Waals surface area contributed by atoms with Crippen molar-refractivity contribution in [1.29, 1.82) is 0 Å². The summed E-state index contributed by atoms with van der Waals surface area (Å²) < 4.78 is 11.3. The fourth-order valence-corrected chi connectivity index (χ4v) is 8.12. The van der Waals surface area contributed by atoms with Gasteiger partial charge in [-0.05, 0) is 62.7 Å². The number of methoxy groups -OCH3 is 1. The topological polar surface area (TPSA) is 52.6 Å². The lowest BCUT2D eigenvalue weighted by Gasteiger charge is -2.49. The van der Waals surface area contributed by atoms with Crippen LogP contribution in [0.4, 0.5) is 0 Å². The third-order valence-corrected chi connectivity index (χ3v) is 9.76. The number of hydrogen-bond donors (Lipinski definition) is 0. The number of allylic oxidation sites excluding steroid dienone is 2. The molecule has 3 heterocycles. The van der Waals surface area contributed by atoms with E-state index >= 15 is 0 Å². The quantitative estimate of drug-likeness (QED) is 0.152. The molecule has 0 aromatic heterocycles. The molecule has 3 aliphatic rings. The van der Waals surface area contributed by atoms with Gasteiger partial charge >= 0.3 is 11.9 Å². The number of unbranched alkanes of at least 4 members (excludes halogenated alkanes) is 3. The van der Waals surface area contributed by atoms with Crippen molar-refractivity contribution in [2.75, 3.05) is 7.11 Å². The molecule has 186 valence electrons. The van der Waals surface area contributed by atoms with Gasteiger partial charge in [-0.1, -0.05) is 56.2 Å². The average molecular weight is 503 g/mol. The van der Waals surface area contributed by atoms with E-state index in [2.05, 4.69) is 54.8 Å². The first-order valence-electron chi connectivity index (χ1n) is 12.6. The lowest BCUT2D eigenvalue weighted by molar-refractivity contribution is -0.140. The van der Waals surface area contributed by atoms with Crippen molar-refractivity contribution in [3.05, 3.63) is 60.2 Å². The van der Waals surface area contributed by atoms with Gasteiger partial charge in [0.15, 0.2) is 0 Å². The second kappa shape index (κ2) is 14.7. The Kier molecular flexibility index (Phi) is 11.6. The van der Waals surface area contributed by atoms with Gasteiger partial charge in [0.1, 0.15) is 6.10 Å². The van der Waals surface area contributed by atoms with Crippen LogP contribution in [0, 0.1) is 5.92 Å². The predicted molar refractivity (Wildman–Crippen MR) is 143 cm³/mol. The molecule has 5 atom stereocenters. The van der Waals surface area contributed by atoms with Gasteiger partial charge in [-0.3, -0.25) is 4.79 Å². The van der Waals surface area contributed by atoms with Crippen molar-refractivity contribution in [3.8, 4) is 0 Å². The van der Waals surface area contributed by atoms with E-state index in [4.69, 9.17) is 9.47 Å². The first-order valence-corrected chi connectivity index (χ1v) is 14.5. The Labute approximate surface area is 213 Å². The lowest BCUT2D eigenvalue weighted by Crippen LogP contribution is -2.43. The Balaban J connectivity index is 1.56. The molecule has 0 saturated carbocycles. The fraction of sp³-hybridized carbons (Fsp3) is 0.571. The standard InChI is InChI=1S/C28H38O4S2/c1-3-4-8-15-22(32-28(30)21-13-9-7-10-14-21)18-19-24-23(25-20-27(33-24)34-25)16-11-5-6-12-17-26(29)31-2/h5,7,9-11,13-14,18-19,22-25,27H,3-4,6,8,12,15-17,20H2,1-2H3/b11-5-,19-18+/t22-,23+,24+,25-,27+/m0/s1. The van der Waals surface area contributed by atoms with Crippen LogP contribution < -0.4 is 0 Å². The zero-order chi connectivity index (χ0) is 24.2. The molecule has 4 nitrogen and oxygen atoms in total. The summed E-state index contributed by atoms with van der Waals surface area (Å²) in [7, 11) is 1.44. The molecule has 3 saturated heterocycles. The van der Waals surface area contributed by atoms with Crippen LogP contribution in [0.1, 0.15) is 75.1 Å². The van der Waals surface area contributed by atoms with E-state index in [0.29, 0.717) is 33.0 Å². The first-order chi connectivity index (χ1) is 16.6. The van der Waals surface area contributed by atoms with Crippen LogP contribution in [-0.4, -0.2) is 40.2 Å². The Morgan fingerprint density at radius 1 is 1.12 bits per heavy atom. The van der Waals surface area contributed by atoms with Crippen LogP contribution in [0.2, 0.25) is 0 Å². The summed E-state index contributed by atoms with van der Waals surface area (Å²) in [6.07, 6.45) is 17.6. The monoisotopic (exact) mass is 502 g/mol. The minimum atomic E-state index is -0.243. The molecule has 3 aliphatic heterocycles. The minimum absolute atomic E-state index is 0.138. The highest BCUT2D eigenvalue weighted by molar-refractivity contribution is 8.19. The van der Waals surface area contributed by atoms with Gasteiger partial charge in [0.05, 0.1) is 17.3 Å². The number of carbonyl (C=O) groups is 2. The molecule has 1 aromatic rings. The van der Waals surface area contributed by atoms with Gasteiger partial charge in [-0.2, -0.15) is 0 Å². The summed E-state index contributed by atoms with van der Waals surface area (Å²) in [6, 6.07) is 9.27. The highest BCUT2D eigenvalue weighted by Gasteiger charge is 2.45. The van der Waals surface area contributed by atoms with Crippen molar-refractivity contribution in [2.45, 2.75) is 85.9 Å². The summed E-state index contributed by atoms with van der Waals surface area (Å²) in [5.41, 5.74) is 0.608. The Hall–Kier alpha value is -1.66. The number of hydrogen-bond acceptors (Lipinski definition) is 6. The van der Waals surface area contributed by atoms with Gasteiger partial charge < -0.3 is 9.47 Å². The average Bonchev–Trinajstić information content (AvgIpc) is 2.84. The Morgan fingerprint density at radius 3 is 2.65 bits per heavy atom. The van der Waals surface area contributed by atoms with E-state index < -0.39 is 0 Å². The first kappa shape index (κ1) is 26.9. The van der Waals surface area contributed by atoms with Crippen LogP contribution in [0.15, 0.2) is 54.6 Å². The summed E-state index contributed by atoms with van der Waals surface area (Å²) in [4.78, 5) is 23.9. The van der Waals surface area contributed by atoms with Gasteiger partial charge in [-0.15, -0.1) is 23.5 Å². The summed E-state index contributed by atoms with van der Waals surface area (Å²) in [6.45, 7) is 2.19. The van der Waals surface area contributed by atoms with Gasteiger partial charge in [0.25, 0.3) is 0 Å². The molecule has 2 bridgehead atoms. The van der Waals surface area contributed by atoms with Gasteiger partial charge in [0, 0.05) is 16.9 Å². The molecular formula is C28H38O4S2. The molecule has 0 aliphatic carbocycles. The maximum absolute atomic E-state index is 12.6. The molecular weight excluding hydrogens is 464 g/mol. The van der Waals surface area contributed by atoms with Crippen LogP contribution >= 0.6 is 23.5 Å². The number of esters is 2. The lowest BCUT2D eigenvalue weighted by atomic mass is 9.92. The second-order valence-corrected chi connectivity index (χ2v) is 12.1. The molecule has 0 radical (unpaired) electrons. The largest absolute Gasteiger partial charge is 0.469 e. The second-order valence-electron chi connectivity index (χ2n) is 8.97. The van der Waals surface area contributed by atoms with E-state index in [9.17, 15) is 9.59 Å². The molecule has 0 spiro atoms. The minimum Gasteiger partial charge on any atom is -0.469 e. The van der Waals surface area contributed by atoms with Crippen LogP contribution in [0.5, 0.6) is 0 Å². The summed E-state index contributed by atoms with van der Waals surface area (Å²) in [5, 5.41) is 1.17. The molecule has 0 amide bonds. The molecule has 34 heavy (non-hydrogen) atoms. The number of carbonyl (C=O) groups excluding carboxylic acids is 2. The molecule has 6 heteroatoms. The summed E-state index contributed by atoms with van der Waals surface area (Å²) in [5.74, 6) is 0.211. The third kappa shape index (κ3) is 8.53. The zero-order valence-electron chi connectivity index (χ0n) is 20.4. The maximum Gasteiger partial charge on any atom is 0.338 e. The SMILES string of the molecule is CCCCC[C@@H](/C=C/[C@H]1S[C@H]2C[C@H](S2)[C@@H]1C/C=C\CCCC(=O)OC)OC(=O)c1ccccc1. The van der Waals surface area contributed by atoms with E-state index in [1.165, 1.54) is 13.5 Å². The third-order valence-electron chi connectivity index (χ3n) is 6.39. The van der Waals surface area contributed by atoms with Gasteiger partial charge in [0.2, 0.25) is 0 Å². The van der Waals surface area contributed by atoms with E-state index in [0.717, 1.165) is 44.9 Å². The smallest absolute Gasteiger partial charge is 0.338 e. The molecule has 0 unspecified atom stereocenters. The highest BCUT2D eigenvalue weighted by Crippen LogP contribution is 2.57. The Morgan fingerprint density at radius 2 is 1.91 bits per heavy atom. The maximum atomic E-state index is 12.6.